The van der Waals surface area contributed by atoms with E-state index in [9.17, 15) is 9.59 Å². The van der Waals surface area contributed by atoms with Gasteiger partial charge in [0, 0.05) is 12.5 Å². The number of imide groups is 1. The average molecular weight is 307 g/mol. The Morgan fingerprint density at radius 3 is 2.36 bits per heavy atom. The van der Waals surface area contributed by atoms with E-state index in [-0.39, 0.29) is 29.2 Å². The molecule has 2 unspecified atom stereocenters. The second-order valence-electron chi connectivity index (χ2n) is 7.86. The van der Waals surface area contributed by atoms with Crippen molar-refractivity contribution in [3.8, 4) is 0 Å². The van der Waals surface area contributed by atoms with Crippen LogP contribution < -0.4 is 0 Å². The van der Waals surface area contributed by atoms with E-state index in [1.165, 1.54) is 23.3 Å². The van der Waals surface area contributed by atoms with Crippen LogP contribution in [0.25, 0.3) is 0 Å². The first kappa shape index (κ1) is 18.9. The van der Waals surface area contributed by atoms with Crippen LogP contribution in [0, 0.1) is 17.3 Å². The molecule has 1 aliphatic heterocycles. The SMILES string of the molecule is CCCC(C)C/C(C)=C\C(C)(C)C1CC(=O)N(C(C)C)C1=O. The minimum Gasteiger partial charge on any atom is -0.280 e. The molecular weight excluding hydrogens is 274 g/mol. The van der Waals surface area contributed by atoms with Gasteiger partial charge in [-0.2, -0.15) is 0 Å². The Balaban J connectivity index is 2.86. The number of nitrogens with zero attached hydrogens (tertiary/aromatic N) is 1. The predicted octanol–water partition coefficient (Wildman–Crippen LogP) is 4.57. The largest absolute Gasteiger partial charge is 0.280 e. The molecule has 1 heterocycles. The second-order valence-corrected chi connectivity index (χ2v) is 7.86. The first-order chi connectivity index (χ1) is 10.1. The zero-order chi connectivity index (χ0) is 17.1. The quantitative estimate of drug-likeness (QED) is 0.510. The van der Waals surface area contributed by atoms with Gasteiger partial charge in [-0.25, -0.2) is 0 Å². The van der Waals surface area contributed by atoms with Gasteiger partial charge < -0.3 is 0 Å². The van der Waals surface area contributed by atoms with Crippen molar-refractivity contribution in [2.24, 2.45) is 17.3 Å². The maximum absolute atomic E-state index is 12.6. The molecule has 3 nitrogen and oxygen atoms in total. The molecule has 126 valence electrons. The topological polar surface area (TPSA) is 37.4 Å². The molecule has 0 spiro atoms. The number of hydrogen-bond acceptors (Lipinski definition) is 2. The van der Waals surface area contributed by atoms with E-state index >= 15 is 0 Å². The van der Waals surface area contributed by atoms with E-state index in [1.807, 2.05) is 13.8 Å². The van der Waals surface area contributed by atoms with Crippen molar-refractivity contribution in [2.75, 3.05) is 0 Å². The lowest BCUT2D eigenvalue weighted by atomic mass is 9.76. The summed E-state index contributed by atoms with van der Waals surface area (Å²) in [5, 5.41) is 0. The molecule has 1 fully saturated rings. The normalized spacial score (nSPS) is 21.9. The van der Waals surface area contributed by atoms with Crippen LogP contribution in [0.4, 0.5) is 0 Å². The molecule has 0 N–H and O–H groups in total. The minimum absolute atomic E-state index is 0.00402. The summed E-state index contributed by atoms with van der Waals surface area (Å²) >= 11 is 0. The van der Waals surface area contributed by atoms with Crippen LogP contribution >= 0.6 is 0 Å². The van der Waals surface area contributed by atoms with Crippen LogP contribution in [-0.2, 0) is 9.59 Å². The summed E-state index contributed by atoms with van der Waals surface area (Å²) in [6.45, 7) is 14.6. The number of hydrogen-bond donors (Lipinski definition) is 0. The smallest absolute Gasteiger partial charge is 0.233 e. The molecule has 0 saturated carbocycles. The summed E-state index contributed by atoms with van der Waals surface area (Å²) in [7, 11) is 0. The molecule has 1 aliphatic rings. The molecule has 1 saturated heterocycles. The fourth-order valence-corrected chi connectivity index (χ4v) is 3.71. The van der Waals surface area contributed by atoms with Gasteiger partial charge in [-0.1, -0.05) is 52.2 Å². The van der Waals surface area contributed by atoms with E-state index < -0.39 is 0 Å². The average Bonchev–Trinajstić information content (AvgIpc) is 2.64. The zero-order valence-corrected chi connectivity index (χ0v) is 15.4. The highest BCUT2D eigenvalue weighted by Crippen LogP contribution is 2.39. The first-order valence-electron chi connectivity index (χ1n) is 8.64. The van der Waals surface area contributed by atoms with Crippen molar-refractivity contribution in [3.63, 3.8) is 0 Å². The Morgan fingerprint density at radius 1 is 1.32 bits per heavy atom. The summed E-state index contributed by atoms with van der Waals surface area (Å²) < 4.78 is 0. The third kappa shape index (κ3) is 4.44. The summed E-state index contributed by atoms with van der Waals surface area (Å²) in [6, 6.07) is -0.0459. The van der Waals surface area contributed by atoms with Crippen molar-refractivity contribution < 1.29 is 9.59 Å². The molecule has 0 aromatic rings. The lowest BCUT2D eigenvalue weighted by Gasteiger charge is -2.28. The van der Waals surface area contributed by atoms with E-state index in [0.29, 0.717) is 12.3 Å². The summed E-state index contributed by atoms with van der Waals surface area (Å²) in [5.41, 5.74) is 1.06. The van der Waals surface area contributed by atoms with Crippen LogP contribution in [0.3, 0.4) is 0 Å². The van der Waals surface area contributed by atoms with Gasteiger partial charge in [0.05, 0.1) is 5.92 Å². The number of carbonyl (C=O) groups excluding carboxylic acids is 2. The highest BCUT2D eigenvalue weighted by atomic mass is 16.2. The van der Waals surface area contributed by atoms with Gasteiger partial charge in [-0.3, -0.25) is 14.5 Å². The van der Waals surface area contributed by atoms with Crippen LogP contribution in [0.5, 0.6) is 0 Å². The Hall–Kier alpha value is -1.12. The number of allylic oxidation sites excluding steroid dienone is 2. The molecule has 22 heavy (non-hydrogen) atoms. The molecule has 0 aliphatic carbocycles. The maximum Gasteiger partial charge on any atom is 0.233 e. The highest BCUT2D eigenvalue weighted by Gasteiger charge is 2.46. The van der Waals surface area contributed by atoms with Gasteiger partial charge in [0.15, 0.2) is 0 Å². The Kier molecular flexibility index (Phi) is 6.39. The predicted molar refractivity (Wildman–Crippen MR) is 91.3 cm³/mol. The van der Waals surface area contributed by atoms with E-state index in [1.54, 1.807) is 0 Å². The number of carbonyl (C=O) groups is 2. The Bertz CT molecular complexity index is 448. The number of rotatable bonds is 7. The van der Waals surface area contributed by atoms with E-state index in [2.05, 4.69) is 40.7 Å². The molecule has 2 amide bonds. The highest BCUT2D eigenvalue weighted by molar-refractivity contribution is 6.04. The summed E-state index contributed by atoms with van der Waals surface area (Å²) in [6.07, 6.45) is 6.07. The lowest BCUT2D eigenvalue weighted by Crippen LogP contribution is -2.38. The van der Waals surface area contributed by atoms with Gasteiger partial charge in [0.1, 0.15) is 0 Å². The fourth-order valence-electron chi connectivity index (χ4n) is 3.71. The van der Waals surface area contributed by atoms with Gasteiger partial charge >= 0.3 is 0 Å². The maximum atomic E-state index is 12.6. The number of amides is 2. The third-order valence-electron chi connectivity index (χ3n) is 4.67. The van der Waals surface area contributed by atoms with Gasteiger partial charge in [-0.15, -0.1) is 0 Å². The third-order valence-corrected chi connectivity index (χ3v) is 4.67. The van der Waals surface area contributed by atoms with E-state index in [4.69, 9.17) is 0 Å². The lowest BCUT2D eigenvalue weighted by molar-refractivity contribution is -0.142. The first-order valence-corrected chi connectivity index (χ1v) is 8.64. The molecular formula is C19H33NO2. The van der Waals surface area contributed by atoms with E-state index in [0.717, 1.165) is 6.42 Å². The number of likely N-dealkylation sites (tertiary alicyclic amines) is 1. The second kappa shape index (κ2) is 7.43. The standard InChI is InChI=1S/C19H33NO2/c1-8-9-14(4)10-15(5)12-19(6,7)16-11-17(21)20(13(2)3)18(16)22/h12-14,16H,8-11H2,1-7H3/b15-12-. The fraction of sp³-hybridized carbons (Fsp3) is 0.789. The molecule has 1 rings (SSSR count). The Morgan fingerprint density at radius 2 is 1.91 bits per heavy atom. The van der Waals surface area contributed by atoms with Gasteiger partial charge in [-0.05, 0) is 38.5 Å². The molecule has 0 aromatic carbocycles. The van der Waals surface area contributed by atoms with Crippen molar-refractivity contribution in [1.82, 2.24) is 4.90 Å². The molecule has 0 aromatic heterocycles. The van der Waals surface area contributed by atoms with Crippen LogP contribution in [0.15, 0.2) is 11.6 Å². The zero-order valence-electron chi connectivity index (χ0n) is 15.4. The summed E-state index contributed by atoms with van der Waals surface area (Å²) in [4.78, 5) is 26.1. The molecule has 0 bridgehead atoms. The minimum atomic E-state index is -0.271. The summed E-state index contributed by atoms with van der Waals surface area (Å²) in [5.74, 6) is 0.420. The van der Waals surface area contributed by atoms with Gasteiger partial charge in [0.25, 0.3) is 0 Å². The van der Waals surface area contributed by atoms with Crippen LogP contribution in [0.1, 0.15) is 74.1 Å². The van der Waals surface area contributed by atoms with Crippen LogP contribution in [-0.4, -0.2) is 22.8 Å². The monoisotopic (exact) mass is 307 g/mol. The van der Waals surface area contributed by atoms with Crippen molar-refractivity contribution in [3.05, 3.63) is 11.6 Å². The van der Waals surface area contributed by atoms with Crippen LogP contribution in [0.2, 0.25) is 0 Å². The van der Waals surface area contributed by atoms with Gasteiger partial charge in [0.2, 0.25) is 11.8 Å². The van der Waals surface area contributed by atoms with Crippen molar-refractivity contribution >= 4 is 11.8 Å². The molecule has 3 heteroatoms. The Labute approximate surface area is 136 Å². The van der Waals surface area contributed by atoms with Crippen molar-refractivity contribution in [1.29, 1.82) is 0 Å². The molecule has 0 radical (unpaired) electrons. The molecule has 2 atom stereocenters. The van der Waals surface area contributed by atoms with Crippen molar-refractivity contribution in [2.45, 2.75) is 80.2 Å².